The third-order valence-electron chi connectivity index (χ3n) is 8.92. The lowest BCUT2D eigenvalue weighted by atomic mass is 9.71. The van der Waals surface area contributed by atoms with Gasteiger partial charge < -0.3 is 19.3 Å². The van der Waals surface area contributed by atoms with E-state index < -0.39 is 5.67 Å². The maximum atomic E-state index is 14.2. The van der Waals surface area contributed by atoms with Crippen LogP contribution in [0.1, 0.15) is 45.2 Å². The molecule has 2 saturated heterocycles. The molecule has 0 radical (unpaired) electrons. The molecule has 9 nitrogen and oxygen atoms in total. The molecule has 42 heavy (non-hydrogen) atoms. The van der Waals surface area contributed by atoms with Gasteiger partial charge in [0, 0.05) is 55.2 Å². The Kier molecular flexibility index (Phi) is 7.51. The minimum absolute atomic E-state index is 0.335. The summed E-state index contributed by atoms with van der Waals surface area (Å²) in [6.07, 6.45) is 9.79. The number of piperidine rings is 2. The summed E-state index contributed by atoms with van der Waals surface area (Å²) in [4.78, 5) is 18.9. The average molecular weight is 574 g/mol. The van der Waals surface area contributed by atoms with E-state index in [4.69, 9.17) is 24.5 Å². The average Bonchev–Trinajstić information content (AvgIpc) is 3.43. The molecule has 2 aliphatic heterocycles. The van der Waals surface area contributed by atoms with Crippen molar-refractivity contribution in [1.82, 2.24) is 29.6 Å². The molecule has 0 N–H and O–H groups in total. The number of aryl methyl sites for hydroxylation is 1. The van der Waals surface area contributed by atoms with Gasteiger partial charge in [0.2, 0.25) is 0 Å². The Morgan fingerprint density at radius 2 is 1.64 bits per heavy atom. The quantitative estimate of drug-likeness (QED) is 0.281. The predicted octanol–water partition coefficient (Wildman–Crippen LogP) is 5.63. The second kappa shape index (κ2) is 11.1. The lowest BCUT2D eigenvalue weighted by Gasteiger charge is -2.47. The predicted molar refractivity (Wildman–Crippen MR) is 162 cm³/mol. The molecule has 0 saturated carbocycles. The first-order valence-electron chi connectivity index (χ1n) is 14.7. The number of ether oxygens (including phenoxy) is 2. The fourth-order valence-electron chi connectivity index (χ4n) is 6.54. The van der Waals surface area contributed by atoms with Crippen molar-refractivity contribution in [2.75, 3.05) is 51.8 Å². The Morgan fingerprint density at radius 3 is 2.33 bits per heavy atom. The van der Waals surface area contributed by atoms with E-state index in [1.165, 1.54) is 0 Å². The monoisotopic (exact) mass is 573 g/mol. The first-order valence-corrected chi connectivity index (χ1v) is 14.7. The molecule has 10 heteroatoms. The molecule has 2 aliphatic rings. The van der Waals surface area contributed by atoms with Crippen LogP contribution >= 0.6 is 0 Å². The third-order valence-corrected chi connectivity index (χ3v) is 8.92. The van der Waals surface area contributed by atoms with Crippen LogP contribution in [0.25, 0.3) is 28.0 Å². The largest absolute Gasteiger partial charge is 0.496 e. The zero-order valence-corrected chi connectivity index (χ0v) is 25.2. The van der Waals surface area contributed by atoms with Crippen molar-refractivity contribution >= 4 is 16.7 Å². The van der Waals surface area contributed by atoms with E-state index in [2.05, 4.69) is 14.8 Å². The molecule has 6 rings (SSSR count). The highest BCUT2D eigenvalue weighted by atomic mass is 19.1. The zero-order chi connectivity index (χ0) is 29.5. The molecular weight excluding hydrogens is 533 g/mol. The summed E-state index contributed by atoms with van der Waals surface area (Å²) in [6.45, 7) is 9.66. The van der Waals surface area contributed by atoms with E-state index in [0.717, 1.165) is 91.3 Å². The molecule has 0 amide bonds. The summed E-state index contributed by atoms with van der Waals surface area (Å²) in [5.74, 6) is 3.03. The van der Waals surface area contributed by atoms with Gasteiger partial charge in [0.15, 0.2) is 5.82 Å². The summed E-state index contributed by atoms with van der Waals surface area (Å²) in [6, 6.07) is 7.78. The van der Waals surface area contributed by atoms with Gasteiger partial charge in [0.1, 0.15) is 23.0 Å². The van der Waals surface area contributed by atoms with Crippen LogP contribution in [0.4, 0.5) is 10.2 Å². The summed E-state index contributed by atoms with van der Waals surface area (Å²) >= 11 is 0. The van der Waals surface area contributed by atoms with E-state index >= 15 is 0 Å². The first-order chi connectivity index (χ1) is 20.2. The summed E-state index contributed by atoms with van der Waals surface area (Å²) in [7, 11) is 3.33. The van der Waals surface area contributed by atoms with Crippen molar-refractivity contribution in [1.29, 1.82) is 0 Å². The smallest absolute Gasteiger partial charge is 0.160 e. The number of alkyl halides is 1. The van der Waals surface area contributed by atoms with Gasteiger partial charge in [0.05, 0.1) is 37.2 Å². The highest BCUT2D eigenvalue weighted by Crippen LogP contribution is 2.42. The normalized spacial score (nSPS) is 17.6. The number of rotatable bonds is 7. The molecule has 0 unspecified atom stereocenters. The van der Waals surface area contributed by atoms with Gasteiger partial charge in [-0.25, -0.2) is 14.1 Å². The van der Waals surface area contributed by atoms with Gasteiger partial charge in [-0.2, -0.15) is 5.10 Å². The van der Waals surface area contributed by atoms with E-state index in [9.17, 15) is 4.39 Å². The van der Waals surface area contributed by atoms with Crippen LogP contribution in [-0.2, 0) is 0 Å². The Labute approximate surface area is 246 Å². The number of fused-ring (bicyclic) bond motifs is 1. The number of nitrogens with zero attached hydrogens (tertiary/aromatic N) is 7. The lowest BCUT2D eigenvalue weighted by molar-refractivity contribution is 0.0457. The van der Waals surface area contributed by atoms with Crippen LogP contribution in [0.2, 0.25) is 0 Å². The van der Waals surface area contributed by atoms with Gasteiger partial charge in [-0.05, 0) is 77.1 Å². The SMILES string of the molecule is COc1cc(N2CCC3(CCN(CC(C)(C)F)CC3)CC2)nc(-n2ncc3c(C)nc(-c4cnccc4OC)cc32)c1. The Morgan fingerprint density at radius 1 is 0.929 bits per heavy atom. The number of halogens is 1. The second-order valence-electron chi connectivity index (χ2n) is 12.4. The molecule has 1 spiro atoms. The van der Waals surface area contributed by atoms with Crippen molar-refractivity contribution in [3.8, 4) is 28.6 Å². The van der Waals surface area contributed by atoms with Crippen LogP contribution < -0.4 is 14.4 Å². The molecule has 2 fully saturated rings. The zero-order valence-electron chi connectivity index (χ0n) is 25.2. The standard InChI is InChI=1S/C32H40FN7O2/c1-22-24-20-35-40(27(24)18-26(36-22)25-19-34-11-6-28(25)42-5)30-17-23(41-4)16-29(37-30)39-14-9-32(10-15-39)7-12-38(13-8-32)21-31(2,3)33/h6,11,16-20H,7-10,12-15,21H2,1-5H3. The summed E-state index contributed by atoms with van der Waals surface area (Å²) < 4.78 is 27.3. The van der Waals surface area contributed by atoms with Crippen LogP contribution in [0, 0.1) is 12.3 Å². The first kappa shape index (κ1) is 28.3. The fraction of sp³-hybridized carbons (Fsp3) is 0.500. The van der Waals surface area contributed by atoms with Crippen molar-refractivity contribution in [2.45, 2.75) is 52.1 Å². The summed E-state index contributed by atoms with van der Waals surface area (Å²) in [5.41, 5.74) is 2.53. The number of hydrogen-bond acceptors (Lipinski definition) is 8. The van der Waals surface area contributed by atoms with Gasteiger partial charge in [0.25, 0.3) is 0 Å². The molecular formula is C32H40FN7O2. The maximum Gasteiger partial charge on any atom is 0.160 e. The number of anilines is 1. The van der Waals surface area contributed by atoms with E-state index in [1.807, 2.05) is 42.1 Å². The molecule has 222 valence electrons. The molecule has 0 bridgehead atoms. The molecule has 4 aromatic heterocycles. The Hall–Kier alpha value is -3.79. The molecule has 0 atom stereocenters. The second-order valence-corrected chi connectivity index (χ2v) is 12.4. The van der Waals surface area contributed by atoms with Gasteiger partial charge in [-0.15, -0.1) is 0 Å². The summed E-state index contributed by atoms with van der Waals surface area (Å²) in [5, 5.41) is 5.68. The molecule has 4 aromatic rings. The topological polar surface area (TPSA) is 81.4 Å². The van der Waals surface area contributed by atoms with Crippen LogP contribution in [0.5, 0.6) is 11.5 Å². The van der Waals surface area contributed by atoms with Gasteiger partial charge >= 0.3 is 0 Å². The number of pyridine rings is 3. The minimum atomic E-state index is -1.15. The lowest BCUT2D eigenvalue weighted by Crippen LogP contribution is -2.49. The number of likely N-dealkylation sites (tertiary alicyclic amines) is 1. The van der Waals surface area contributed by atoms with Crippen molar-refractivity contribution < 1.29 is 13.9 Å². The fourth-order valence-corrected chi connectivity index (χ4v) is 6.54. The molecule has 0 aromatic carbocycles. The van der Waals surface area contributed by atoms with Crippen molar-refractivity contribution in [3.63, 3.8) is 0 Å². The number of hydrogen-bond donors (Lipinski definition) is 0. The van der Waals surface area contributed by atoms with Crippen LogP contribution in [0.15, 0.2) is 42.9 Å². The van der Waals surface area contributed by atoms with Crippen LogP contribution in [0.3, 0.4) is 0 Å². The third kappa shape index (κ3) is 5.64. The van der Waals surface area contributed by atoms with E-state index in [-0.39, 0.29) is 0 Å². The van der Waals surface area contributed by atoms with E-state index in [1.54, 1.807) is 40.5 Å². The number of aromatic nitrogens is 5. The van der Waals surface area contributed by atoms with Crippen LogP contribution in [-0.4, -0.2) is 82.2 Å². The molecule has 6 heterocycles. The molecule has 0 aliphatic carbocycles. The van der Waals surface area contributed by atoms with Gasteiger partial charge in [-0.3, -0.25) is 9.97 Å². The van der Waals surface area contributed by atoms with Crippen molar-refractivity contribution in [3.05, 3.63) is 48.5 Å². The maximum absolute atomic E-state index is 14.2. The number of methoxy groups -OCH3 is 2. The highest BCUT2D eigenvalue weighted by molar-refractivity contribution is 5.86. The Balaban J connectivity index is 1.26. The van der Waals surface area contributed by atoms with Crippen molar-refractivity contribution in [2.24, 2.45) is 5.41 Å². The minimum Gasteiger partial charge on any atom is -0.496 e. The Bertz CT molecular complexity index is 1560. The highest BCUT2D eigenvalue weighted by Gasteiger charge is 2.39. The van der Waals surface area contributed by atoms with Gasteiger partial charge in [-0.1, -0.05) is 0 Å². The van der Waals surface area contributed by atoms with E-state index in [0.29, 0.717) is 23.5 Å².